The normalized spacial score (nSPS) is 16.4. The van der Waals surface area contributed by atoms with E-state index < -0.39 is 0 Å². The minimum Gasteiger partial charge on any atom is -0.384 e. The molecule has 1 saturated carbocycles. The predicted molar refractivity (Wildman–Crippen MR) is 151 cm³/mol. The van der Waals surface area contributed by atoms with Crippen molar-refractivity contribution in [2.45, 2.75) is 38.1 Å². The van der Waals surface area contributed by atoms with Gasteiger partial charge in [-0.25, -0.2) is 15.0 Å². The maximum Gasteiger partial charge on any atom is 0.225 e. The molecule has 3 aromatic heterocycles. The quantitative estimate of drug-likeness (QED) is 0.407. The lowest BCUT2D eigenvalue weighted by Gasteiger charge is -2.41. The molecule has 3 aromatic rings. The Kier molecular flexibility index (Phi) is 8.05. The first-order chi connectivity index (χ1) is 20.0. The first-order valence-corrected chi connectivity index (χ1v) is 13.5. The second-order valence-corrected chi connectivity index (χ2v) is 10.1. The molecule has 1 atom stereocenters. The molecule has 1 aliphatic carbocycles. The van der Waals surface area contributed by atoms with Crippen molar-refractivity contribution in [1.29, 1.82) is 15.8 Å². The molecule has 5 rings (SSSR count). The van der Waals surface area contributed by atoms with Crippen LogP contribution >= 0.6 is 0 Å². The van der Waals surface area contributed by atoms with Crippen molar-refractivity contribution < 1.29 is 9.53 Å². The standard InChI is InChI=1S/C30H29N9O2/c1-20-19-37(10-11-38(20)28(40)7-12-41-2)30-22(16-31)13-27(29(36-30)21-3-4-21)39(25-5-8-34-23(14-25)17-32)26-6-9-35-24(15-26)18-33/h5-6,8-9,13-15,20-21H,3-4,7,10-12,19H2,1-2H3/t20-/m1/s1. The Balaban J connectivity index is 1.58. The highest BCUT2D eigenvalue weighted by molar-refractivity contribution is 5.81. The van der Waals surface area contributed by atoms with Gasteiger partial charge in [0, 0.05) is 51.1 Å². The SMILES string of the molecule is COCCC(=O)N1CCN(c2nc(C3CC3)c(N(c3ccnc(C#N)c3)c3ccnc(C#N)c3)cc2C#N)C[C@H]1C. The van der Waals surface area contributed by atoms with E-state index in [4.69, 9.17) is 9.72 Å². The summed E-state index contributed by atoms with van der Waals surface area (Å²) < 4.78 is 5.07. The number of pyridine rings is 3. The third-order valence-electron chi connectivity index (χ3n) is 7.34. The molecule has 0 radical (unpaired) electrons. The van der Waals surface area contributed by atoms with Gasteiger partial charge < -0.3 is 19.4 Å². The Morgan fingerprint density at radius 2 is 1.68 bits per heavy atom. The van der Waals surface area contributed by atoms with Gasteiger partial charge in [-0.1, -0.05) is 0 Å². The number of methoxy groups -OCH3 is 1. The number of aromatic nitrogens is 3. The molecule has 0 spiro atoms. The van der Waals surface area contributed by atoms with Crippen LogP contribution in [-0.2, 0) is 9.53 Å². The number of nitriles is 3. The van der Waals surface area contributed by atoms with E-state index in [1.54, 1.807) is 43.8 Å². The summed E-state index contributed by atoms with van der Waals surface area (Å²) in [6, 6.07) is 15.2. The maximum absolute atomic E-state index is 12.7. The van der Waals surface area contributed by atoms with Gasteiger partial charge in [0.15, 0.2) is 0 Å². The molecule has 0 N–H and O–H groups in total. The number of amides is 1. The molecule has 11 nitrogen and oxygen atoms in total. The molecule has 1 aliphatic heterocycles. The van der Waals surface area contributed by atoms with E-state index in [0.717, 1.165) is 18.5 Å². The molecule has 1 amide bonds. The van der Waals surface area contributed by atoms with Gasteiger partial charge in [0.05, 0.1) is 41.3 Å². The van der Waals surface area contributed by atoms with Gasteiger partial charge in [-0.2, -0.15) is 15.8 Å². The number of piperazine rings is 1. The number of rotatable bonds is 8. The molecule has 0 bridgehead atoms. The summed E-state index contributed by atoms with van der Waals surface area (Å²) in [5.41, 5.74) is 3.76. The summed E-state index contributed by atoms with van der Waals surface area (Å²) in [6.07, 6.45) is 5.40. The lowest BCUT2D eigenvalue weighted by atomic mass is 10.1. The van der Waals surface area contributed by atoms with Crippen molar-refractivity contribution in [3.05, 3.63) is 65.4 Å². The Bertz CT molecular complexity index is 1520. The summed E-state index contributed by atoms with van der Waals surface area (Å²) in [5.74, 6) is 0.872. The van der Waals surface area contributed by atoms with Crippen LogP contribution in [0.4, 0.5) is 22.9 Å². The van der Waals surface area contributed by atoms with Gasteiger partial charge in [0.2, 0.25) is 5.91 Å². The molecule has 2 fully saturated rings. The van der Waals surface area contributed by atoms with Crippen LogP contribution in [0.1, 0.15) is 54.7 Å². The Morgan fingerprint density at radius 3 is 2.22 bits per heavy atom. The average Bonchev–Trinajstić information content (AvgIpc) is 3.85. The molecule has 1 saturated heterocycles. The third kappa shape index (κ3) is 5.79. The lowest BCUT2D eigenvalue weighted by Crippen LogP contribution is -2.54. The zero-order valence-electron chi connectivity index (χ0n) is 23.0. The maximum atomic E-state index is 12.7. The predicted octanol–water partition coefficient (Wildman–Crippen LogP) is 3.91. The zero-order chi connectivity index (χ0) is 28.9. The molecule has 2 aliphatic rings. The first-order valence-electron chi connectivity index (χ1n) is 13.5. The van der Waals surface area contributed by atoms with Gasteiger partial charge >= 0.3 is 0 Å². The highest BCUT2D eigenvalue weighted by Gasteiger charge is 2.34. The highest BCUT2D eigenvalue weighted by atomic mass is 16.5. The van der Waals surface area contributed by atoms with E-state index in [-0.39, 0.29) is 29.3 Å². The van der Waals surface area contributed by atoms with E-state index in [1.165, 1.54) is 0 Å². The van der Waals surface area contributed by atoms with Gasteiger partial charge in [0.1, 0.15) is 35.4 Å². The monoisotopic (exact) mass is 547 g/mol. The van der Waals surface area contributed by atoms with Gasteiger partial charge in [0.25, 0.3) is 0 Å². The number of anilines is 4. The summed E-state index contributed by atoms with van der Waals surface area (Å²) >= 11 is 0. The third-order valence-corrected chi connectivity index (χ3v) is 7.34. The topological polar surface area (TPSA) is 146 Å². The van der Waals surface area contributed by atoms with Crippen LogP contribution in [0.3, 0.4) is 0 Å². The van der Waals surface area contributed by atoms with Crippen LogP contribution < -0.4 is 9.80 Å². The minimum atomic E-state index is -0.0514. The van der Waals surface area contributed by atoms with Crippen molar-refractivity contribution in [2.24, 2.45) is 0 Å². The van der Waals surface area contributed by atoms with Crippen LogP contribution in [0, 0.1) is 34.0 Å². The minimum absolute atomic E-state index is 0.0514. The zero-order valence-corrected chi connectivity index (χ0v) is 23.0. The summed E-state index contributed by atoms with van der Waals surface area (Å²) in [4.78, 5) is 31.9. The van der Waals surface area contributed by atoms with E-state index >= 15 is 0 Å². The number of hydrogen-bond donors (Lipinski definition) is 0. The molecule has 41 heavy (non-hydrogen) atoms. The fourth-order valence-corrected chi connectivity index (χ4v) is 5.19. The van der Waals surface area contributed by atoms with Crippen LogP contribution in [0.2, 0.25) is 0 Å². The number of carbonyl (C=O) groups excluding carboxylic acids is 1. The van der Waals surface area contributed by atoms with Crippen LogP contribution in [0.15, 0.2) is 42.7 Å². The van der Waals surface area contributed by atoms with Crippen LogP contribution in [-0.4, -0.2) is 65.2 Å². The second-order valence-electron chi connectivity index (χ2n) is 10.1. The summed E-state index contributed by atoms with van der Waals surface area (Å²) in [7, 11) is 1.58. The fraction of sp³-hybridized carbons (Fsp3) is 0.367. The van der Waals surface area contributed by atoms with E-state index in [2.05, 4.69) is 33.1 Å². The Hall–Kier alpha value is -5.05. The van der Waals surface area contributed by atoms with Crippen molar-refractivity contribution >= 4 is 28.8 Å². The van der Waals surface area contributed by atoms with Crippen molar-refractivity contribution in [3.8, 4) is 18.2 Å². The van der Waals surface area contributed by atoms with Gasteiger partial charge in [-0.05, 0) is 50.1 Å². The van der Waals surface area contributed by atoms with E-state index in [0.29, 0.717) is 61.1 Å². The highest BCUT2D eigenvalue weighted by Crippen LogP contribution is 2.48. The molecule has 0 unspecified atom stereocenters. The van der Waals surface area contributed by atoms with E-state index in [1.807, 2.05) is 22.8 Å². The van der Waals surface area contributed by atoms with E-state index in [9.17, 15) is 20.6 Å². The molecule has 0 aromatic carbocycles. The Labute approximate surface area is 238 Å². The molecule has 4 heterocycles. The van der Waals surface area contributed by atoms with Crippen LogP contribution in [0.25, 0.3) is 0 Å². The summed E-state index contributed by atoms with van der Waals surface area (Å²) in [5, 5.41) is 29.3. The van der Waals surface area contributed by atoms with Crippen molar-refractivity contribution in [2.75, 3.05) is 43.2 Å². The largest absolute Gasteiger partial charge is 0.384 e. The molecular formula is C30H29N9O2. The smallest absolute Gasteiger partial charge is 0.225 e. The van der Waals surface area contributed by atoms with Crippen molar-refractivity contribution in [1.82, 2.24) is 19.9 Å². The number of nitrogens with zero attached hydrogens (tertiary/aromatic N) is 9. The fourth-order valence-electron chi connectivity index (χ4n) is 5.19. The average molecular weight is 548 g/mol. The number of hydrogen-bond acceptors (Lipinski definition) is 10. The van der Waals surface area contributed by atoms with Gasteiger partial charge in [-0.15, -0.1) is 0 Å². The first kappa shape index (κ1) is 27.5. The second kappa shape index (κ2) is 12.0. The Morgan fingerprint density at radius 1 is 1.02 bits per heavy atom. The summed E-state index contributed by atoms with van der Waals surface area (Å²) in [6.45, 7) is 4.04. The molecular weight excluding hydrogens is 518 g/mol. The van der Waals surface area contributed by atoms with Crippen LogP contribution in [0.5, 0.6) is 0 Å². The number of ether oxygens (including phenoxy) is 1. The van der Waals surface area contributed by atoms with Crippen molar-refractivity contribution in [3.63, 3.8) is 0 Å². The van der Waals surface area contributed by atoms with Gasteiger partial charge in [-0.3, -0.25) is 4.79 Å². The lowest BCUT2D eigenvalue weighted by molar-refractivity contribution is -0.134. The molecule has 206 valence electrons. The number of carbonyl (C=O) groups is 1. The molecule has 11 heteroatoms.